The van der Waals surface area contributed by atoms with Crippen LogP contribution < -0.4 is 10.6 Å². The second kappa shape index (κ2) is 19.9. The Labute approximate surface area is 305 Å². The number of phenolic OH excluding ortho intramolecular Hbond substituents is 1. The zero-order valence-corrected chi connectivity index (χ0v) is 31.9. The Balaban J connectivity index is 1.73. The number of likely N-dealkylation sites (N-methyl/N-ethyl adjacent to an activating group) is 1. The van der Waals surface area contributed by atoms with Crippen LogP contribution in [0.5, 0.6) is 5.75 Å². The number of aliphatic hydroxyl groups excluding tert-OH is 1. The number of amides is 3. The number of hydrogen-bond donors (Lipinski definition) is 5. The van der Waals surface area contributed by atoms with E-state index in [9.17, 15) is 34.5 Å². The van der Waals surface area contributed by atoms with Crippen LogP contribution in [0.4, 0.5) is 0 Å². The van der Waals surface area contributed by atoms with E-state index in [1.807, 2.05) is 39.6 Å². The second-order valence-corrected chi connectivity index (χ2v) is 14.9. The number of methoxy groups -OCH3 is 1. The van der Waals surface area contributed by atoms with Gasteiger partial charge in [-0.1, -0.05) is 46.6 Å². The van der Waals surface area contributed by atoms with Gasteiger partial charge in [0.1, 0.15) is 28.6 Å². The summed E-state index contributed by atoms with van der Waals surface area (Å²) in [6, 6.07) is 3.10. The number of carbonyl (C=O) groups is 4. The van der Waals surface area contributed by atoms with Gasteiger partial charge in [0.2, 0.25) is 11.8 Å². The lowest BCUT2D eigenvalue weighted by molar-refractivity contribution is -0.143. The molecule has 0 radical (unpaired) electrons. The maximum Gasteiger partial charge on any atom is 0.311 e. The number of rotatable bonds is 19. The van der Waals surface area contributed by atoms with E-state index in [4.69, 9.17) is 4.74 Å². The van der Waals surface area contributed by atoms with Crippen LogP contribution in [0.3, 0.4) is 0 Å². The Morgan fingerprint density at radius 2 is 1.90 bits per heavy atom. The van der Waals surface area contributed by atoms with E-state index in [-0.39, 0.29) is 73.7 Å². The first-order valence-electron chi connectivity index (χ1n) is 17.9. The Bertz CT molecular complexity index is 1470. The number of nitrogens with one attached hydrogen (secondary N) is 2. The number of carboxylic acids is 1. The Hall–Kier alpha value is -3.59. The normalized spacial score (nSPS) is 18.0. The average Bonchev–Trinajstić information content (AvgIpc) is 3.60. The smallest absolute Gasteiger partial charge is 0.311 e. The maximum absolute atomic E-state index is 14.4. The summed E-state index contributed by atoms with van der Waals surface area (Å²) in [6.45, 7) is 11.1. The van der Waals surface area contributed by atoms with Crippen molar-refractivity contribution in [2.24, 2.45) is 11.8 Å². The van der Waals surface area contributed by atoms with E-state index < -0.39 is 36.0 Å². The first kappa shape index (κ1) is 41.8. The number of aryl methyl sites for hydroxylation is 1. The summed E-state index contributed by atoms with van der Waals surface area (Å²) < 4.78 is 5.38. The van der Waals surface area contributed by atoms with Gasteiger partial charge in [-0.3, -0.25) is 24.1 Å². The molecule has 1 aromatic heterocycles. The fourth-order valence-electron chi connectivity index (χ4n) is 6.62. The molecule has 1 saturated heterocycles. The number of benzene rings is 1. The summed E-state index contributed by atoms with van der Waals surface area (Å²) >= 11 is 1.13. The van der Waals surface area contributed by atoms with Crippen molar-refractivity contribution in [1.29, 1.82) is 0 Å². The number of ether oxygens (including phenoxy) is 1. The van der Waals surface area contributed by atoms with Gasteiger partial charge in [0.25, 0.3) is 5.91 Å². The third-order valence-electron chi connectivity index (χ3n) is 10.00. The lowest BCUT2D eigenvalue weighted by Gasteiger charge is -2.39. The third-order valence-corrected chi connectivity index (χ3v) is 10.9. The number of phenols is 1. The van der Waals surface area contributed by atoms with Crippen LogP contribution in [0.15, 0.2) is 23.6 Å². The minimum atomic E-state index is -1.08. The van der Waals surface area contributed by atoms with Crippen molar-refractivity contribution in [3.05, 3.63) is 45.4 Å². The monoisotopic (exact) mass is 731 g/mol. The molecule has 1 aromatic carbocycles. The van der Waals surface area contributed by atoms with Crippen LogP contribution in [-0.4, -0.2) is 112 Å². The molecule has 14 heteroatoms. The Morgan fingerprint density at radius 1 is 1.18 bits per heavy atom. The topological polar surface area (TPSA) is 182 Å². The van der Waals surface area contributed by atoms with Gasteiger partial charge in [-0.25, -0.2) is 4.98 Å². The van der Waals surface area contributed by atoms with Crippen molar-refractivity contribution < 1.29 is 39.2 Å². The number of nitrogens with zero attached hydrogens (tertiary/aromatic N) is 3. The molecule has 284 valence electrons. The van der Waals surface area contributed by atoms with E-state index in [1.165, 1.54) is 17.5 Å². The van der Waals surface area contributed by atoms with Crippen LogP contribution in [-0.2, 0) is 19.1 Å². The van der Waals surface area contributed by atoms with Gasteiger partial charge in [-0.05, 0) is 74.9 Å². The number of likely N-dealkylation sites (tertiary alicyclic amines) is 1. The molecule has 5 N–H and O–H groups in total. The number of piperidine rings is 1. The second-order valence-electron chi connectivity index (χ2n) is 14.0. The van der Waals surface area contributed by atoms with Crippen molar-refractivity contribution in [2.45, 2.75) is 103 Å². The summed E-state index contributed by atoms with van der Waals surface area (Å²) in [6.07, 6.45) is 2.59. The van der Waals surface area contributed by atoms with E-state index in [0.29, 0.717) is 17.0 Å². The molecule has 1 fully saturated rings. The predicted octanol–water partition coefficient (Wildman–Crippen LogP) is 4.08. The van der Waals surface area contributed by atoms with Crippen LogP contribution in [0.2, 0.25) is 0 Å². The van der Waals surface area contributed by atoms with Crippen molar-refractivity contribution >= 4 is 35.0 Å². The minimum Gasteiger partial charge on any atom is -0.508 e. The molecular weight excluding hydrogens is 675 g/mol. The molecule has 0 aliphatic carbocycles. The van der Waals surface area contributed by atoms with Crippen LogP contribution in [0.1, 0.15) is 105 Å². The lowest BCUT2D eigenvalue weighted by atomic mass is 9.92. The number of aliphatic carboxylic acids is 1. The molecule has 0 saturated carbocycles. The SMILES string of the molecule is CCC(C)C(NC(=O)C1CCCCN1C)C(=O)N(CCOC)[C@H](C[C@@H](O)c1nc(C(=O)NCC[C@@H](C(=O)O)c2cc(O)ccc2C)cs1)C(C)C. The highest BCUT2D eigenvalue weighted by atomic mass is 32.1. The lowest BCUT2D eigenvalue weighted by Crippen LogP contribution is -2.59. The molecule has 3 amide bonds. The standard InChI is InChI=1S/C37H57N5O8S/c1-8-23(4)32(40-34(46)29-11-9-10-16-41(29)6)36(47)42(17-18-50-7)30(22(2)3)20-31(44)35-39-28(21-51-35)33(45)38-15-14-26(37(48)49)27-19-25(43)13-12-24(27)5/h12-13,19,21-23,26,29-32,43-44H,8-11,14-18,20H2,1-7H3,(H,38,45)(H,40,46)(H,48,49)/t23?,26-,29?,30-,31-,32?/m1/s1. The summed E-state index contributed by atoms with van der Waals surface area (Å²) in [5, 5.41) is 38.7. The Kier molecular flexibility index (Phi) is 16.3. The number of aromatic nitrogens is 1. The molecule has 6 atom stereocenters. The van der Waals surface area contributed by atoms with Gasteiger partial charge in [0.15, 0.2) is 0 Å². The molecule has 0 bridgehead atoms. The van der Waals surface area contributed by atoms with Crippen molar-refractivity contribution in [1.82, 2.24) is 25.4 Å². The number of carboxylic acid groups (broad SMARTS) is 1. The fraction of sp³-hybridized carbons (Fsp3) is 0.649. The van der Waals surface area contributed by atoms with Gasteiger partial charge in [-0.2, -0.15) is 0 Å². The first-order valence-corrected chi connectivity index (χ1v) is 18.8. The van der Waals surface area contributed by atoms with E-state index in [0.717, 1.165) is 42.7 Å². The van der Waals surface area contributed by atoms with Crippen LogP contribution in [0.25, 0.3) is 0 Å². The number of aromatic hydroxyl groups is 1. The van der Waals surface area contributed by atoms with E-state index in [1.54, 1.807) is 25.0 Å². The number of carbonyl (C=O) groups excluding carboxylic acids is 3. The maximum atomic E-state index is 14.4. The predicted molar refractivity (Wildman–Crippen MR) is 196 cm³/mol. The number of aliphatic hydroxyl groups is 1. The first-order chi connectivity index (χ1) is 24.2. The molecule has 1 aliphatic rings. The third kappa shape index (κ3) is 11.4. The molecular formula is C37H57N5O8S. The van der Waals surface area contributed by atoms with Crippen molar-refractivity contribution in [3.8, 4) is 5.75 Å². The van der Waals surface area contributed by atoms with Crippen LogP contribution >= 0.6 is 11.3 Å². The highest BCUT2D eigenvalue weighted by Crippen LogP contribution is 2.30. The number of thiazole rings is 1. The molecule has 2 aromatic rings. The van der Waals surface area contributed by atoms with Gasteiger partial charge < -0.3 is 35.6 Å². The molecule has 3 unspecified atom stereocenters. The van der Waals surface area contributed by atoms with Crippen molar-refractivity contribution in [3.63, 3.8) is 0 Å². The summed E-state index contributed by atoms with van der Waals surface area (Å²) in [5.74, 6) is -3.10. The van der Waals surface area contributed by atoms with E-state index >= 15 is 0 Å². The average molecular weight is 732 g/mol. The molecule has 3 rings (SSSR count). The molecule has 1 aliphatic heterocycles. The number of hydrogen-bond acceptors (Lipinski definition) is 10. The zero-order valence-electron chi connectivity index (χ0n) is 31.1. The largest absolute Gasteiger partial charge is 0.508 e. The molecule has 13 nitrogen and oxygen atoms in total. The molecule has 2 heterocycles. The summed E-state index contributed by atoms with van der Waals surface area (Å²) in [4.78, 5) is 61.0. The quantitative estimate of drug-likeness (QED) is 0.141. The highest BCUT2D eigenvalue weighted by Gasteiger charge is 2.38. The van der Waals surface area contributed by atoms with Crippen molar-refractivity contribution in [2.75, 3.05) is 40.4 Å². The van der Waals surface area contributed by atoms with Gasteiger partial charge in [0, 0.05) is 38.0 Å². The summed E-state index contributed by atoms with van der Waals surface area (Å²) in [5.41, 5.74) is 1.29. The van der Waals surface area contributed by atoms with Gasteiger partial charge in [0.05, 0.1) is 18.6 Å². The molecule has 51 heavy (non-hydrogen) atoms. The fourth-order valence-corrected chi connectivity index (χ4v) is 7.41. The van der Waals surface area contributed by atoms with Gasteiger partial charge >= 0.3 is 5.97 Å². The van der Waals surface area contributed by atoms with E-state index in [2.05, 4.69) is 15.6 Å². The minimum absolute atomic E-state index is 0.0323. The summed E-state index contributed by atoms with van der Waals surface area (Å²) in [7, 11) is 3.50. The van der Waals surface area contributed by atoms with Gasteiger partial charge in [-0.15, -0.1) is 11.3 Å². The highest BCUT2D eigenvalue weighted by molar-refractivity contribution is 7.09. The zero-order chi connectivity index (χ0) is 37.8. The Morgan fingerprint density at radius 3 is 2.53 bits per heavy atom. The molecule has 0 spiro atoms. The van der Waals surface area contributed by atoms with Crippen LogP contribution in [0, 0.1) is 18.8 Å².